The van der Waals surface area contributed by atoms with Gasteiger partial charge in [-0.15, -0.1) is 4.48 Å². The van der Waals surface area contributed by atoms with Crippen LogP contribution < -0.4 is 0 Å². The predicted molar refractivity (Wildman–Crippen MR) is 46.8 cm³/mol. The van der Waals surface area contributed by atoms with Crippen molar-refractivity contribution in [3.05, 3.63) is 41.1 Å². The lowest BCUT2D eigenvalue weighted by Crippen LogP contribution is -2.10. The van der Waals surface area contributed by atoms with Crippen LogP contribution in [-0.4, -0.2) is 5.12 Å². The maximum atomic E-state index is 12.8. The maximum Gasteiger partial charge on any atom is 0.0998 e. The molecule has 64 valence electrons. The molecule has 1 aromatic carbocycles. The fourth-order valence-corrected chi connectivity index (χ4v) is 1.42. The van der Waals surface area contributed by atoms with E-state index in [9.17, 15) is 4.48 Å². The van der Waals surface area contributed by atoms with Gasteiger partial charge in [0, 0.05) is 6.20 Å². The summed E-state index contributed by atoms with van der Waals surface area (Å²) in [4.78, 5) is 0. The van der Waals surface area contributed by atoms with E-state index in [0.717, 1.165) is 11.1 Å². The van der Waals surface area contributed by atoms with Crippen molar-refractivity contribution in [1.82, 2.24) is 5.12 Å². The van der Waals surface area contributed by atoms with Crippen molar-refractivity contribution < 1.29 is 4.48 Å². The summed E-state index contributed by atoms with van der Waals surface area (Å²) in [5.74, 6) is 0. The minimum atomic E-state index is 0.224. The highest BCUT2D eigenvalue weighted by molar-refractivity contribution is 5.62. The molecule has 0 saturated heterocycles. The smallest absolute Gasteiger partial charge is 0.0998 e. The largest absolute Gasteiger partial charge is 0.215 e. The summed E-state index contributed by atoms with van der Waals surface area (Å²) in [7, 11) is 0. The normalized spacial score (nSPS) is 13.7. The highest BCUT2D eigenvalue weighted by atomic mass is 19.2. The topological polar surface area (TPSA) is 27.0 Å². The van der Waals surface area contributed by atoms with Crippen LogP contribution in [-0.2, 0) is 6.54 Å². The average molecular weight is 174 g/mol. The van der Waals surface area contributed by atoms with Gasteiger partial charge in [0.1, 0.15) is 0 Å². The quantitative estimate of drug-likeness (QED) is 0.564. The maximum absolute atomic E-state index is 12.8. The van der Waals surface area contributed by atoms with Crippen LogP contribution in [0.25, 0.3) is 6.08 Å². The van der Waals surface area contributed by atoms with Gasteiger partial charge in [0.05, 0.1) is 18.2 Å². The molecule has 1 aliphatic heterocycles. The zero-order valence-electron chi connectivity index (χ0n) is 6.87. The molecule has 2 rings (SSSR count). The van der Waals surface area contributed by atoms with E-state index in [1.54, 1.807) is 18.2 Å². The molecule has 3 heteroatoms. The van der Waals surface area contributed by atoms with E-state index in [4.69, 9.17) is 5.26 Å². The minimum Gasteiger partial charge on any atom is -0.215 e. The van der Waals surface area contributed by atoms with Gasteiger partial charge < -0.3 is 0 Å². The molecule has 1 aromatic rings. The second-order valence-corrected chi connectivity index (χ2v) is 2.86. The average Bonchev–Trinajstić information content (AvgIpc) is 2.16. The summed E-state index contributed by atoms with van der Waals surface area (Å²) in [5, 5.41) is 9.37. The molecular formula is C10H7FN2. The van der Waals surface area contributed by atoms with Crippen molar-refractivity contribution in [3.8, 4) is 6.07 Å². The second kappa shape index (κ2) is 2.91. The number of benzene rings is 1. The Labute approximate surface area is 75.4 Å². The Bertz CT molecular complexity index is 404. The first kappa shape index (κ1) is 7.81. The summed E-state index contributed by atoms with van der Waals surface area (Å²) in [5.41, 5.74) is 2.28. The Balaban J connectivity index is 2.57. The Morgan fingerprint density at radius 2 is 2.31 bits per heavy atom. The first-order valence-corrected chi connectivity index (χ1v) is 3.94. The Hall–Kier alpha value is -1.82. The van der Waals surface area contributed by atoms with Crippen LogP contribution in [0.2, 0.25) is 0 Å². The van der Waals surface area contributed by atoms with Crippen LogP contribution >= 0.6 is 0 Å². The van der Waals surface area contributed by atoms with E-state index in [1.165, 1.54) is 6.20 Å². The molecule has 0 unspecified atom stereocenters. The monoisotopic (exact) mass is 174 g/mol. The van der Waals surface area contributed by atoms with E-state index < -0.39 is 0 Å². The molecule has 2 nitrogen and oxygen atoms in total. The van der Waals surface area contributed by atoms with Crippen molar-refractivity contribution in [2.45, 2.75) is 6.54 Å². The molecule has 0 aromatic heterocycles. The van der Waals surface area contributed by atoms with E-state index in [-0.39, 0.29) is 6.54 Å². The second-order valence-electron chi connectivity index (χ2n) is 2.86. The number of hydrogen-bond donors (Lipinski definition) is 0. The van der Waals surface area contributed by atoms with Crippen LogP contribution in [0, 0.1) is 11.3 Å². The van der Waals surface area contributed by atoms with Crippen LogP contribution in [0.3, 0.4) is 0 Å². The third kappa shape index (κ3) is 1.27. The van der Waals surface area contributed by atoms with Gasteiger partial charge in [-0.2, -0.15) is 5.26 Å². The van der Waals surface area contributed by atoms with Crippen molar-refractivity contribution >= 4 is 6.08 Å². The fourth-order valence-electron chi connectivity index (χ4n) is 1.42. The molecule has 13 heavy (non-hydrogen) atoms. The first-order valence-electron chi connectivity index (χ1n) is 3.94. The standard InChI is InChI=1S/C10H7FN2/c11-13-5-4-10-8(6-12)2-1-3-9(10)7-13/h1-5H,7H2. The van der Waals surface area contributed by atoms with Gasteiger partial charge in [0.2, 0.25) is 0 Å². The van der Waals surface area contributed by atoms with E-state index in [0.29, 0.717) is 10.7 Å². The van der Waals surface area contributed by atoms with E-state index >= 15 is 0 Å². The van der Waals surface area contributed by atoms with Gasteiger partial charge in [-0.25, -0.2) is 5.12 Å². The Morgan fingerprint density at radius 3 is 3.08 bits per heavy atom. The molecule has 0 saturated carbocycles. The number of fused-ring (bicyclic) bond motifs is 1. The summed E-state index contributed by atoms with van der Waals surface area (Å²) >= 11 is 0. The van der Waals surface area contributed by atoms with Crippen molar-refractivity contribution in [1.29, 1.82) is 5.26 Å². The molecule has 0 bridgehead atoms. The third-order valence-corrected chi connectivity index (χ3v) is 2.04. The molecule has 0 radical (unpaired) electrons. The number of halogens is 1. The molecule has 1 heterocycles. The van der Waals surface area contributed by atoms with Crippen molar-refractivity contribution in [2.24, 2.45) is 0 Å². The van der Waals surface area contributed by atoms with Gasteiger partial charge in [0.15, 0.2) is 0 Å². The van der Waals surface area contributed by atoms with Crippen LogP contribution in [0.5, 0.6) is 0 Å². The van der Waals surface area contributed by atoms with Gasteiger partial charge in [-0.1, -0.05) is 12.1 Å². The summed E-state index contributed by atoms with van der Waals surface area (Å²) < 4.78 is 12.8. The highest BCUT2D eigenvalue weighted by Gasteiger charge is 2.12. The zero-order chi connectivity index (χ0) is 9.26. The third-order valence-electron chi connectivity index (χ3n) is 2.04. The Kier molecular flexibility index (Phi) is 1.75. The summed E-state index contributed by atoms with van der Waals surface area (Å²) in [6.45, 7) is 0.224. The van der Waals surface area contributed by atoms with Crippen LogP contribution in [0.4, 0.5) is 4.48 Å². The predicted octanol–water partition coefficient (Wildman–Crippen LogP) is 2.23. The van der Waals surface area contributed by atoms with Crippen LogP contribution in [0.1, 0.15) is 16.7 Å². The SMILES string of the molecule is N#Cc1cccc2c1C=CN(F)C2. The number of rotatable bonds is 0. The summed E-state index contributed by atoms with van der Waals surface area (Å²) in [6, 6.07) is 7.40. The lowest BCUT2D eigenvalue weighted by Gasteiger charge is -2.16. The molecule has 0 spiro atoms. The van der Waals surface area contributed by atoms with Crippen molar-refractivity contribution in [3.63, 3.8) is 0 Å². The summed E-state index contributed by atoms with van der Waals surface area (Å²) in [6.07, 6.45) is 2.96. The molecule has 0 aliphatic carbocycles. The van der Waals surface area contributed by atoms with Gasteiger partial charge in [-0.3, -0.25) is 0 Å². The highest BCUT2D eigenvalue weighted by Crippen LogP contribution is 2.22. The Morgan fingerprint density at radius 1 is 1.46 bits per heavy atom. The molecule has 0 atom stereocenters. The number of nitrogens with zero attached hydrogens (tertiary/aromatic N) is 2. The number of hydrogen-bond acceptors (Lipinski definition) is 2. The van der Waals surface area contributed by atoms with Gasteiger partial charge in [0.25, 0.3) is 0 Å². The zero-order valence-corrected chi connectivity index (χ0v) is 6.87. The minimum absolute atomic E-state index is 0.224. The molecule has 0 amide bonds. The van der Waals surface area contributed by atoms with Gasteiger partial charge >= 0.3 is 0 Å². The molecule has 1 aliphatic rings. The van der Waals surface area contributed by atoms with E-state index in [2.05, 4.69) is 6.07 Å². The lowest BCUT2D eigenvalue weighted by molar-refractivity contribution is 0.0793. The number of nitriles is 1. The molecule has 0 N–H and O–H groups in total. The van der Waals surface area contributed by atoms with Crippen molar-refractivity contribution in [2.75, 3.05) is 0 Å². The van der Waals surface area contributed by atoms with Crippen LogP contribution in [0.15, 0.2) is 24.4 Å². The van der Waals surface area contributed by atoms with E-state index in [1.807, 2.05) is 6.07 Å². The fraction of sp³-hybridized carbons (Fsp3) is 0.100. The molecular weight excluding hydrogens is 167 g/mol. The van der Waals surface area contributed by atoms with Gasteiger partial charge in [-0.05, 0) is 23.3 Å². The lowest BCUT2D eigenvalue weighted by atomic mass is 10.00. The molecule has 0 fully saturated rings. The first-order chi connectivity index (χ1) is 6.31.